The molecule has 164 valence electrons. The van der Waals surface area contributed by atoms with Crippen LogP contribution in [0.4, 0.5) is 0 Å². The van der Waals surface area contributed by atoms with Gasteiger partial charge in [0.05, 0.1) is 24.7 Å². The second kappa shape index (κ2) is 8.91. The number of hydrogen-bond acceptors (Lipinski definition) is 4. The highest BCUT2D eigenvalue weighted by Crippen LogP contribution is 2.59. The van der Waals surface area contributed by atoms with Crippen molar-refractivity contribution >= 4 is 5.97 Å². The fraction of sp³-hybridized carbons (Fsp3) is 0.792. The summed E-state index contributed by atoms with van der Waals surface area (Å²) in [7, 11) is 0. The number of carboxylic acids is 1. The third-order valence-electron chi connectivity index (χ3n) is 8.32. The van der Waals surface area contributed by atoms with Gasteiger partial charge in [0.2, 0.25) is 0 Å². The van der Waals surface area contributed by atoms with Gasteiger partial charge >= 0.3 is 5.97 Å². The molecule has 8 atom stereocenters. The number of hydrogen-bond donors (Lipinski definition) is 4. The van der Waals surface area contributed by atoms with Crippen LogP contribution in [0.5, 0.6) is 0 Å². The highest BCUT2D eigenvalue weighted by Gasteiger charge is 2.51. The first-order chi connectivity index (χ1) is 13.6. The Morgan fingerprint density at radius 1 is 1.24 bits per heavy atom. The maximum absolute atomic E-state index is 11.0. The van der Waals surface area contributed by atoms with Crippen LogP contribution in [-0.2, 0) is 4.79 Å². The maximum Gasteiger partial charge on any atom is 0.305 e. The molecule has 0 amide bonds. The average Bonchev–Trinajstić information content (AvgIpc) is 2.99. The van der Waals surface area contributed by atoms with Crippen LogP contribution in [0.3, 0.4) is 0 Å². The molecule has 0 saturated heterocycles. The summed E-state index contributed by atoms with van der Waals surface area (Å²) in [5, 5.41) is 39.7. The Morgan fingerprint density at radius 2 is 1.93 bits per heavy atom. The first-order valence-corrected chi connectivity index (χ1v) is 11.3. The van der Waals surface area contributed by atoms with E-state index in [-0.39, 0.29) is 23.7 Å². The van der Waals surface area contributed by atoms with E-state index in [1.165, 1.54) is 5.57 Å². The molecular formula is C24H38O5. The number of aliphatic hydroxyl groups excluding tert-OH is 3. The van der Waals surface area contributed by atoms with Gasteiger partial charge in [-0.3, -0.25) is 4.79 Å². The standard InChI is InChI=1S/C24H38O5/c1-14-17(11-18(25)12-21(14)26)7-6-16-5-4-10-24(3)19(8-9-20(16)24)15(2)22(27)13-23(28)29/h6-7,14-15,18-22,25-27H,4-5,8-13H2,1-3H3,(H,28,29)/t14-,15+,18+,19-,20+,21-,22?,24-/m1/s1. The van der Waals surface area contributed by atoms with Crippen LogP contribution in [0.1, 0.15) is 72.1 Å². The van der Waals surface area contributed by atoms with Crippen molar-refractivity contribution < 1.29 is 25.2 Å². The van der Waals surface area contributed by atoms with E-state index in [1.54, 1.807) is 0 Å². The lowest BCUT2D eigenvalue weighted by Gasteiger charge is -2.45. The van der Waals surface area contributed by atoms with Gasteiger partial charge in [0.1, 0.15) is 0 Å². The van der Waals surface area contributed by atoms with E-state index < -0.39 is 24.3 Å². The molecule has 3 fully saturated rings. The lowest BCUT2D eigenvalue weighted by Crippen LogP contribution is -2.39. The highest BCUT2D eigenvalue weighted by atomic mass is 16.4. The molecule has 1 unspecified atom stereocenters. The van der Waals surface area contributed by atoms with Crippen LogP contribution in [0.2, 0.25) is 0 Å². The third-order valence-corrected chi connectivity index (χ3v) is 8.32. The Bertz CT molecular complexity index is 668. The molecule has 4 N–H and O–H groups in total. The number of carboxylic acid groups (broad SMARTS) is 1. The predicted octanol–water partition coefficient (Wildman–Crippen LogP) is 3.68. The van der Waals surface area contributed by atoms with Crippen LogP contribution in [0, 0.1) is 29.1 Å². The SMILES string of the molecule is C[C@@H]1C(=CC=C2CCC[C@]3(C)[C@@H]([C@H](C)C(O)CC(=O)O)CC[C@@H]23)C[C@H](O)C[C@H]1O. The molecule has 0 bridgehead atoms. The molecular weight excluding hydrogens is 368 g/mol. The van der Waals surface area contributed by atoms with Crippen LogP contribution < -0.4 is 0 Å². The molecule has 0 spiro atoms. The molecule has 3 aliphatic rings. The number of carbonyl (C=O) groups is 1. The van der Waals surface area contributed by atoms with Crippen molar-refractivity contribution in [2.75, 3.05) is 0 Å². The van der Waals surface area contributed by atoms with E-state index in [0.29, 0.717) is 24.7 Å². The molecule has 0 aromatic heterocycles. The zero-order valence-corrected chi connectivity index (χ0v) is 18.1. The van der Waals surface area contributed by atoms with Crippen LogP contribution in [0.25, 0.3) is 0 Å². The number of aliphatic carboxylic acids is 1. The van der Waals surface area contributed by atoms with Gasteiger partial charge in [-0.2, -0.15) is 0 Å². The predicted molar refractivity (Wildman–Crippen MR) is 112 cm³/mol. The summed E-state index contributed by atoms with van der Waals surface area (Å²) < 4.78 is 0. The molecule has 29 heavy (non-hydrogen) atoms. The summed E-state index contributed by atoms with van der Waals surface area (Å²) in [6.07, 6.45) is 8.94. The molecule has 3 aliphatic carbocycles. The van der Waals surface area contributed by atoms with Crippen molar-refractivity contribution in [3.8, 4) is 0 Å². The summed E-state index contributed by atoms with van der Waals surface area (Å²) in [6, 6.07) is 0. The Kier molecular flexibility index (Phi) is 6.91. The number of rotatable bonds is 5. The number of aliphatic hydroxyl groups is 3. The minimum absolute atomic E-state index is 0.0255. The normalized spacial score (nSPS) is 42.6. The van der Waals surface area contributed by atoms with Gasteiger partial charge in [0.15, 0.2) is 0 Å². The lowest BCUT2D eigenvalue weighted by molar-refractivity contribution is -0.140. The smallest absolute Gasteiger partial charge is 0.305 e. The molecule has 5 heteroatoms. The van der Waals surface area contributed by atoms with Gasteiger partial charge in [-0.25, -0.2) is 0 Å². The van der Waals surface area contributed by atoms with Gasteiger partial charge in [0, 0.05) is 12.3 Å². The lowest BCUT2D eigenvalue weighted by atomic mass is 9.60. The van der Waals surface area contributed by atoms with E-state index in [9.17, 15) is 20.1 Å². The quantitative estimate of drug-likeness (QED) is 0.558. The monoisotopic (exact) mass is 406 g/mol. The van der Waals surface area contributed by atoms with Crippen LogP contribution in [0.15, 0.2) is 23.3 Å². The third kappa shape index (κ3) is 4.62. The topological polar surface area (TPSA) is 98.0 Å². The van der Waals surface area contributed by atoms with E-state index in [2.05, 4.69) is 19.1 Å². The Balaban J connectivity index is 1.78. The second-order valence-electron chi connectivity index (χ2n) is 10.1. The van der Waals surface area contributed by atoms with Crippen molar-refractivity contribution in [2.45, 2.75) is 90.4 Å². The highest BCUT2D eigenvalue weighted by molar-refractivity contribution is 5.67. The van der Waals surface area contributed by atoms with Gasteiger partial charge in [-0.1, -0.05) is 44.1 Å². The molecule has 0 aromatic carbocycles. The Labute approximate surface area is 174 Å². The van der Waals surface area contributed by atoms with E-state index in [1.807, 2.05) is 13.8 Å². The summed E-state index contributed by atoms with van der Waals surface area (Å²) in [5.74, 6) is -0.0946. The largest absolute Gasteiger partial charge is 0.481 e. The molecule has 0 heterocycles. The zero-order valence-electron chi connectivity index (χ0n) is 18.1. The van der Waals surface area contributed by atoms with Crippen molar-refractivity contribution in [1.82, 2.24) is 0 Å². The fourth-order valence-electron chi connectivity index (χ4n) is 6.48. The second-order valence-corrected chi connectivity index (χ2v) is 10.1. The van der Waals surface area contributed by atoms with Crippen LogP contribution in [-0.4, -0.2) is 44.7 Å². The minimum Gasteiger partial charge on any atom is -0.481 e. The molecule has 0 aromatic rings. The van der Waals surface area contributed by atoms with Crippen LogP contribution >= 0.6 is 0 Å². The molecule has 3 rings (SSSR count). The maximum atomic E-state index is 11.0. The van der Waals surface area contributed by atoms with E-state index in [4.69, 9.17) is 5.11 Å². The zero-order chi connectivity index (χ0) is 21.3. The summed E-state index contributed by atoms with van der Waals surface area (Å²) >= 11 is 0. The van der Waals surface area contributed by atoms with Crippen molar-refractivity contribution in [3.63, 3.8) is 0 Å². The fourth-order valence-corrected chi connectivity index (χ4v) is 6.48. The molecule has 0 aliphatic heterocycles. The number of fused-ring (bicyclic) bond motifs is 1. The van der Waals surface area contributed by atoms with Gasteiger partial charge < -0.3 is 20.4 Å². The summed E-state index contributed by atoms with van der Waals surface area (Å²) in [4.78, 5) is 11.0. The number of allylic oxidation sites excluding steroid dienone is 3. The van der Waals surface area contributed by atoms with Gasteiger partial charge in [-0.15, -0.1) is 0 Å². The Hall–Kier alpha value is -1.17. The van der Waals surface area contributed by atoms with Crippen molar-refractivity contribution in [2.24, 2.45) is 29.1 Å². The summed E-state index contributed by atoms with van der Waals surface area (Å²) in [5.41, 5.74) is 2.66. The van der Waals surface area contributed by atoms with Crippen molar-refractivity contribution in [1.29, 1.82) is 0 Å². The first-order valence-electron chi connectivity index (χ1n) is 11.3. The average molecular weight is 407 g/mol. The molecule has 0 radical (unpaired) electrons. The van der Waals surface area contributed by atoms with E-state index >= 15 is 0 Å². The summed E-state index contributed by atoms with van der Waals surface area (Å²) in [6.45, 7) is 6.37. The Morgan fingerprint density at radius 3 is 2.62 bits per heavy atom. The van der Waals surface area contributed by atoms with Gasteiger partial charge in [0.25, 0.3) is 0 Å². The molecule has 3 saturated carbocycles. The van der Waals surface area contributed by atoms with Gasteiger partial charge in [-0.05, 0) is 61.7 Å². The van der Waals surface area contributed by atoms with E-state index in [0.717, 1.165) is 37.7 Å². The molecule has 5 nitrogen and oxygen atoms in total. The first kappa shape index (κ1) is 22.5. The minimum atomic E-state index is -0.939. The van der Waals surface area contributed by atoms with Crippen molar-refractivity contribution in [3.05, 3.63) is 23.3 Å².